The van der Waals surface area contributed by atoms with Crippen molar-refractivity contribution in [1.82, 2.24) is 9.80 Å². The molecule has 6 nitrogen and oxygen atoms in total. The van der Waals surface area contributed by atoms with Crippen molar-refractivity contribution in [1.29, 1.82) is 0 Å². The van der Waals surface area contributed by atoms with E-state index in [1.54, 1.807) is 35.7 Å². The maximum Gasteiger partial charge on any atom is 0.251 e. The molecule has 1 unspecified atom stereocenters. The molecule has 3 aromatic rings. The molecule has 1 aliphatic rings. The number of primary amides is 1. The van der Waals surface area contributed by atoms with E-state index in [-0.39, 0.29) is 23.6 Å². The first-order valence-corrected chi connectivity index (χ1v) is 11.9. The number of carbonyl (C=O) groups is 2. The second-order valence-electron chi connectivity index (χ2n) is 8.27. The number of nitrogens with zero attached hydrogens (tertiary/aromatic N) is 2. The summed E-state index contributed by atoms with van der Waals surface area (Å²) in [5, 5.41) is 4.98. The summed E-state index contributed by atoms with van der Waals surface area (Å²) in [4.78, 5) is 28.7. The molecule has 0 radical (unpaired) electrons. The number of hydrogen-bond acceptors (Lipinski definition) is 5. The first-order valence-electron chi connectivity index (χ1n) is 11.0. The number of halogens is 2. The number of anilines is 1. The minimum absolute atomic E-state index is 0.156. The SMILES string of the molecule is CC(C(=O)Nc1sccc1C(N)=O)N1CCN(C(c2ccc(F)cc2)c2ccc(F)cc2)CC1. The normalized spacial score (nSPS) is 15.9. The Balaban J connectivity index is 1.45. The summed E-state index contributed by atoms with van der Waals surface area (Å²) in [5.41, 5.74) is 7.51. The van der Waals surface area contributed by atoms with E-state index in [1.807, 2.05) is 6.92 Å². The van der Waals surface area contributed by atoms with Gasteiger partial charge >= 0.3 is 0 Å². The third-order valence-corrected chi connectivity index (χ3v) is 7.01. The highest BCUT2D eigenvalue weighted by molar-refractivity contribution is 7.14. The number of benzene rings is 2. The summed E-state index contributed by atoms with van der Waals surface area (Å²) >= 11 is 1.26. The second kappa shape index (κ2) is 10.4. The minimum atomic E-state index is -0.578. The Morgan fingerprint density at radius 2 is 1.38 bits per heavy atom. The van der Waals surface area contributed by atoms with E-state index in [4.69, 9.17) is 5.73 Å². The van der Waals surface area contributed by atoms with Crippen LogP contribution in [0.1, 0.15) is 34.5 Å². The number of nitrogens with one attached hydrogen (secondary N) is 1. The lowest BCUT2D eigenvalue weighted by molar-refractivity contribution is -0.121. The summed E-state index contributed by atoms with van der Waals surface area (Å²) in [6.07, 6.45) is 0. The summed E-state index contributed by atoms with van der Waals surface area (Å²) in [7, 11) is 0. The molecule has 9 heteroatoms. The van der Waals surface area contributed by atoms with E-state index in [0.717, 1.165) is 11.1 Å². The molecular formula is C25H26F2N4O2S. The molecule has 1 aliphatic heterocycles. The van der Waals surface area contributed by atoms with Crippen LogP contribution in [0, 0.1) is 11.6 Å². The van der Waals surface area contributed by atoms with Gasteiger partial charge in [-0.2, -0.15) is 0 Å². The third-order valence-electron chi connectivity index (χ3n) is 6.18. The van der Waals surface area contributed by atoms with Crippen LogP contribution >= 0.6 is 11.3 Å². The van der Waals surface area contributed by atoms with Crippen LogP contribution in [0.5, 0.6) is 0 Å². The van der Waals surface area contributed by atoms with Gasteiger partial charge in [-0.15, -0.1) is 11.3 Å². The van der Waals surface area contributed by atoms with Crippen molar-refractivity contribution in [2.75, 3.05) is 31.5 Å². The fourth-order valence-corrected chi connectivity index (χ4v) is 5.06. The summed E-state index contributed by atoms with van der Waals surface area (Å²) in [5.74, 6) is -1.40. The van der Waals surface area contributed by atoms with Crippen LogP contribution in [0.2, 0.25) is 0 Å². The summed E-state index contributed by atoms with van der Waals surface area (Å²) in [6.45, 7) is 4.45. The molecule has 2 heterocycles. The number of amides is 2. The number of rotatable bonds is 7. The Labute approximate surface area is 201 Å². The molecule has 0 bridgehead atoms. The Hall–Kier alpha value is -3.14. The van der Waals surface area contributed by atoms with Crippen LogP contribution in [-0.2, 0) is 4.79 Å². The van der Waals surface area contributed by atoms with Gasteiger partial charge < -0.3 is 11.1 Å². The van der Waals surface area contributed by atoms with Gasteiger partial charge in [-0.05, 0) is 53.8 Å². The maximum atomic E-state index is 13.5. The number of hydrogen-bond donors (Lipinski definition) is 2. The Morgan fingerprint density at radius 3 is 1.88 bits per heavy atom. The molecule has 0 aliphatic carbocycles. The van der Waals surface area contributed by atoms with E-state index in [0.29, 0.717) is 36.7 Å². The van der Waals surface area contributed by atoms with E-state index in [2.05, 4.69) is 15.1 Å². The van der Waals surface area contributed by atoms with Gasteiger partial charge in [0, 0.05) is 26.2 Å². The van der Waals surface area contributed by atoms with Crippen molar-refractivity contribution in [3.8, 4) is 0 Å². The van der Waals surface area contributed by atoms with Crippen LogP contribution < -0.4 is 11.1 Å². The lowest BCUT2D eigenvalue weighted by atomic mass is 9.96. The quantitative estimate of drug-likeness (QED) is 0.534. The van der Waals surface area contributed by atoms with Crippen LogP contribution in [0.4, 0.5) is 13.8 Å². The first-order chi connectivity index (χ1) is 16.3. The van der Waals surface area contributed by atoms with Crippen molar-refractivity contribution < 1.29 is 18.4 Å². The summed E-state index contributed by atoms with van der Waals surface area (Å²) in [6, 6.07) is 13.8. The van der Waals surface area contributed by atoms with Gasteiger partial charge in [0.15, 0.2) is 0 Å². The summed E-state index contributed by atoms with van der Waals surface area (Å²) < 4.78 is 27.1. The molecule has 3 N–H and O–H groups in total. The fourth-order valence-electron chi connectivity index (χ4n) is 4.27. The Morgan fingerprint density at radius 1 is 0.882 bits per heavy atom. The van der Waals surface area contributed by atoms with Crippen molar-refractivity contribution in [2.24, 2.45) is 5.73 Å². The highest BCUT2D eigenvalue weighted by Gasteiger charge is 2.30. The number of nitrogens with two attached hydrogens (primary N) is 1. The van der Waals surface area contributed by atoms with Crippen LogP contribution in [-0.4, -0.2) is 53.8 Å². The molecule has 1 atom stereocenters. The van der Waals surface area contributed by atoms with Crippen LogP contribution in [0.15, 0.2) is 60.0 Å². The largest absolute Gasteiger partial charge is 0.366 e. The zero-order chi connectivity index (χ0) is 24.2. The van der Waals surface area contributed by atoms with Gasteiger partial charge in [-0.25, -0.2) is 8.78 Å². The fraction of sp³-hybridized carbons (Fsp3) is 0.280. The lowest BCUT2D eigenvalue weighted by Crippen LogP contribution is -2.53. The first kappa shape index (κ1) is 24.0. The molecule has 1 fully saturated rings. The topological polar surface area (TPSA) is 78.7 Å². The predicted octanol–water partition coefficient (Wildman–Crippen LogP) is 3.86. The van der Waals surface area contributed by atoms with E-state index >= 15 is 0 Å². The molecule has 34 heavy (non-hydrogen) atoms. The average Bonchev–Trinajstić information content (AvgIpc) is 3.30. The highest BCUT2D eigenvalue weighted by Crippen LogP contribution is 2.30. The van der Waals surface area contributed by atoms with Gasteiger partial charge in [0.2, 0.25) is 5.91 Å². The van der Waals surface area contributed by atoms with E-state index in [9.17, 15) is 18.4 Å². The van der Waals surface area contributed by atoms with Gasteiger partial charge in [0.1, 0.15) is 16.6 Å². The molecular weight excluding hydrogens is 458 g/mol. The Bertz CT molecular complexity index is 1100. The van der Waals surface area contributed by atoms with E-state index in [1.165, 1.54) is 35.6 Å². The third kappa shape index (κ3) is 5.32. The Kier molecular flexibility index (Phi) is 7.35. The van der Waals surface area contributed by atoms with Crippen LogP contribution in [0.25, 0.3) is 0 Å². The second-order valence-corrected chi connectivity index (χ2v) is 9.19. The number of piperazine rings is 1. The standard InChI is InChI=1S/C25H26F2N4O2S/c1-16(24(33)29-25-21(23(28)32)10-15-34-25)30-11-13-31(14-12-30)22(17-2-6-19(26)7-3-17)18-4-8-20(27)9-5-18/h2-10,15-16,22H,11-14H2,1H3,(H2,28,32)(H,29,33). The van der Waals surface area contributed by atoms with Crippen molar-refractivity contribution in [3.05, 3.63) is 88.3 Å². The predicted molar refractivity (Wildman–Crippen MR) is 129 cm³/mol. The molecule has 2 aromatic carbocycles. The zero-order valence-electron chi connectivity index (χ0n) is 18.7. The van der Waals surface area contributed by atoms with Gasteiger partial charge in [-0.1, -0.05) is 24.3 Å². The molecule has 0 saturated carbocycles. The smallest absolute Gasteiger partial charge is 0.251 e. The number of thiophene rings is 1. The van der Waals surface area contributed by atoms with Gasteiger partial charge in [0.25, 0.3) is 5.91 Å². The number of carbonyl (C=O) groups excluding carboxylic acids is 2. The molecule has 1 saturated heterocycles. The lowest BCUT2D eigenvalue weighted by Gasteiger charge is -2.41. The molecule has 4 rings (SSSR count). The highest BCUT2D eigenvalue weighted by atomic mass is 32.1. The monoisotopic (exact) mass is 484 g/mol. The molecule has 178 valence electrons. The minimum Gasteiger partial charge on any atom is -0.366 e. The van der Waals surface area contributed by atoms with Crippen LogP contribution in [0.3, 0.4) is 0 Å². The molecule has 2 amide bonds. The molecule has 1 aromatic heterocycles. The van der Waals surface area contributed by atoms with Gasteiger partial charge in [-0.3, -0.25) is 19.4 Å². The van der Waals surface area contributed by atoms with Crippen molar-refractivity contribution in [3.63, 3.8) is 0 Å². The molecule has 0 spiro atoms. The van der Waals surface area contributed by atoms with Gasteiger partial charge in [0.05, 0.1) is 17.6 Å². The van der Waals surface area contributed by atoms with Crippen molar-refractivity contribution >= 4 is 28.2 Å². The average molecular weight is 485 g/mol. The zero-order valence-corrected chi connectivity index (χ0v) is 19.5. The maximum absolute atomic E-state index is 13.5. The van der Waals surface area contributed by atoms with Crippen molar-refractivity contribution in [2.45, 2.75) is 19.0 Å². The van der Waals surface area contributed by atoms with E-state index < -0.39 is 11.9 Å².